The first-order valence-corrected chi connectivity index (χ1v) is 4.83. The lowest BCUT2D eigenvalue weighted by Gasteiger charge is -2.36. The average molecular weight is 190 g/mol. The largest absolute Gasteiger partial charge is 0.358 e. The van der Waals surface area contributed by atoms with Gasteiger partial charge in [-0.15, -0.1) is 0 Å². The number of rotatable bonds is 2. The Morgan fingerprint density at radius 1 is 1.43 bits per heavy atom. The molecular weight excluding hydrogens is 176 g/mol. The van der Waals surface area contributed by atoms with Gasteiger partial charge in [-0.1, -0.05) is 30.3 Å². The molecule has 1 aromatic carbocycles. The van der Waals surface area contributed by atoms with E-state index in [0.717, 1.165) is 6.54 Å². The Morgan fingerprint density at radius 3 is 2.64 bits per heavy atom. The fraction of sp³-hybridized carbons (Fsp3) is 0.364. The van der Waals surface area contributed by atoms with Crippen LogP contribution in [0.5, 0.6) is 0 Å². The van der Waals surface area contributed by atoms with Crippen molar-refractivity contribution in [2.45, 2.75) is 12.0 Å². The lowest BCUT2D eigenvalue weighted by atomic mass is 9.84. The average Bonchev–Trinajstić information content (AvgIpc) is 2.17. The van der Waals surface area contributed by atoms with Crippen LogP contribution in [0.3, 0.4) is 0 Å². The molecule has 1 aromatic rings. The summed E-state index contributed by atoms with van der Waals surface area (Å²) < 4.78 is 0. The number of amides is 1. The van der Waals surface area contributed by atoms with Gasteiger partial charge in [0.25, 0.3) is 0 Å². The minimum Gasteiger partial charge on any atom is -0.358 e. The first kappa shape index (κ1) is 9.21. The fourth-order valence-electron chi connectivity index (χ4n) is 1.80. The van der Waals surface area contributed by atoms with E-state index >= 15 is 0 Å². The van der Waals surface area contributed by atoms with Crippen LogP contribution < -0.4 is 10.6 Å². The van der Waals surface area contributed by atoms with Gasteiger partial charge in [-0.25, -0.2) is 0 Å². The molecule has 2 N–H and O–H groups in total. The van der Waals surface area contributed by atoms with Crippen LogP contribution in [0.4, 0.5) is 0 Å². The molecule has 2 atom stereocenters. The van der Waals surface area contributed by atoms with E-state index < -0.39 is 0 Å². The second-order valence-electron chi connectivity index (χ2n) is 3.52. The predicted molar refractivity (Wildman–Crippen MR) is 55.0 cm³/mol. The van der Waals surface area contributed by atoms with Crippen molar-refractivity contribution < 1.29 is 4.79 Å². The van der Waals surface area contributed by atoms with Crippen molar-refractivity contribution >= 4 is 5.91 Å². The zero-order valence-electron chi connectivity index (χ0n) is 8.16. The zero-order chi connectivity index (χ0) is 9.97. The second kappa shape index (κ2) is 3.80. The Labute approximate surface area is 83.5 Å². The van der Waals surface area contributed by atoms with Gasteiger partial charge in [0, 0.05) is 19.5 Å². The van der Waals surface area contributed by atoms with Crippen LogP contribution in [-0.4, -0.2) is 25.5 Å². The van der Waals surface area contributed by atoms with Crippen LogP contribution in [0.25, 0.3) is 0 Å². The molecule has 2 rings (SSSR count). The van der Waals surface area contributed by atoms with Crippen molar-refractivity contribution in [1.29, 1.82) is 0 Å². The van der Waals surface area contributed by atoms with Gasteiger partial charge in [0.1, 0.15) is 0 Å². The van der Waals surface area contributed by atoms with Gasteiger partial charge < -0.3 is 10.6 Å². The van der Waals surface area contributed by atoms with Crippen molar-refractivity contribution in [1.82, 2.24) is 10.6 Å². The normalized spacial score (nSPS) is 25.2. The van der Waals surface area contributed by atoms with Crippen LogP contribution in [-0.2, 0) is 4.79 Å². The molecule has 0 saturated carbocycles. The third-order valence-corrected chi connectivity index (χ3v) is 2.72. The smallest absolute Gasteiger partial charge is 0.237 e. The lowest BCUT2D eigenvalue weighted by molar-refractivity contribution is -0.124. The molecule has 1 aliphatic heterocycles. The molecule has 14 heavy (non-hydrogen) atoms. The van der Waals surface area contributed by atoms with E-state index in [9.17, 15) is 4.79 Å². The number of carbonyl (C=O) groups excluding carboxylic acids is 1. The summed E-state index contributed by atoms with van der Waals surface area (Å²) in [5.74, 6) is 0.404. The minimum atomic E-state index is -0.0533. The zero-order valence-corrected chi connectivity index (χ0v) is 8.16. The summed E-state index contributed by atoms with van der Waals surface area (Å²) in [4.78, 5) is 11.4. The SMILES string of the molecule is CNC(=O)C1NCC1c1ccccc1. The summed E-state index contributed by atoms with van der Waals surface area (Å²) in [6.45, 7) is 0.891. The van der Waals surface area contributed by atoms with Gasteiger partial charge in [-0.2, -0.15) is 0 Å². The summed E-state index contributed by atoms with van der Waals surface area (Å²) in [5, 5.41) is 5.80. The molecular formula is C11H14N2O. The van der Waals surface area contributed by atoms with E-state index in [-0.39, 0.29) is 11.9 Å². The standard InChI is InChI=1S/C11H14N2O/c1-12-11(14)10-9(7-13-10)8-5-3-2-4-6-8/h2-6,9-10,13H,7H2,1H3,(H,12,14). The Balaban J connectivity index is 2.10. The maximum atomic E-state index is 11.4. The quantitative estimate of drug-likeness (QED) is 0.712. The van der Waals surface area contributed by atoms with E-state index in [1.54, 1.807) is 7.05 Å². The number of likely N-dealkylation sites (N-methyl/N-ethyl adjacent to an activating group) is 1. The molecule has 3 heteroatoms. The molecule has 2 unspecified atom stereocenters. The Hall–Kier alpha value is -1.35. The topological polar surface area (TPSA) is 41.1 Å². The molecule has 1 fully saturated rings. The molecule has 1 aliphatic rings. The number of nitrogens with one attached hydrogen (secondary N) is 2. The van der Waals surface area contributed by atoms with Crippen LogP contribution in [0.2, 0.25) is 0 Å². The third kappa shape index (κ3) is 1.51. The van der Waals surface area contributed by atoms with E-state index in [1.807, 2.05) is 18.2 Å². The summed E-state index contributed by atoms with van der Waals surface area (Å²) in [7, 11) is 1.67. The van der Waals surface area contributed by atoms with Gasteiger partial charge in [0.2, 0.25) is 5.91 Å². The highest BCUT2D eigenvalue weighted by Crippen LogP contribution is 2.25. The maximum Gasteiger partial charge on any atom is 0.237 e. The first-order chi connectivity index (χ1) is 6.83. The molecule has 0 bridgehead atoms. The summed E-state index contributed by atoms with van der Waals surface area (Å²) in [6.07, 6.45) is 0. The molecule has 0 radical (unpaired) electrons. The minimum absolute atomic E-state index is 0.0533. The molecule has 1 heterocycles. The summed E-state index contributed by atoms with van der Waals surface area (Å²) >= 11 is 0. The van der Waals surface area contributed by atoms with Crippen molar-refractivity contribution in [2.24, 2.45) is 0 Å². The highest BCUT2D eigenvalue weighted by Gasteiger charge is 2.36. The van der Waals surface area contributed by atoms with Crippen molar-refractivity contribution in [3.8, 4) is 0 Å². The summed E-state index contributed by atoms with van der Waals surface area (Å²) in [5.41, 5.74) is 1.24. The Kier molecular flexibility index (Phi) is 2.50. The number of carbonyl (C=O) groups is 1. The summed E-state index contributed by atoms with van der Waals surface area (Å²) in [6, 6.07) is 10.1. The lowest BCUT2D eigenvalue weighted by Crippen LogP contribution is -2.58. The third-order valence-electron chi connectivity index (χ3n) is 2.72. The number of hydrogen-bond acceptors (Lipinski definition) is 2. The monoisotopic (exact) mass is 190 g/mol. The van der Waals surface area contributed by atoms with Gasteiger partial charge in [-0.05, 0) is 5.56 Å². The van der Waals surface area contributed by atoms with Crippen LogP contribution in [0.1, 0.15) is 11.5 Å². The van der Waals surface area contributed by atoms with Gasteiger partial charge >= 0.3 is 0 Å². The molecule has 0 aromatic heterocycles. The molecule has 1 saturated heterocycles. The highest BCUT2D eigenvalue weighted by molar-refractivity contribution is 5.83. The molecule has 3 nitrogen and oxygen atoms in total. The first-order valence-electron chi connectivity index (χ1n) is 4.83. The van der Waals surface area contributed by atoms with Crippen LogP contribution in [0.15, 0.2) is 30.3 Å². The maximum absolute atomic E-state index is 11.4. The number of hydrogen-bond donors (Lipinski definition) is 2. The van der Waals surface area contributed by atoms with Crippen molar-refractivity contribution in [2.75, 3.05) is 13.6 Å². The molecule has 1 amide bonds. The Morgan fingerprint density at radius 2 is 2.14 bits per heavy atom. The van der Waals surface area contributed by atoms with Crippen molar-refractivity contribution in [3.05, 3.63) is 35.9 Å². The van der Waals surface area contributed by atoms with Crippen LogP contribution >= 0.6 is 0 Å². The van der Waals surface area contributed by atoms with Gasteiger partial charge in [0.05, 0.1) is 6.04 Å². The molecule has 74 valence electrons. The fourth-order valence-corrected chi connectivity index (χ4v) is 1.80. The molecule has 0 spiro atoms. The van der Waals surface area contributed by atoms with E-state index in [4.69, 9.17) is 0 Å². The van der Waals surface area contributed by atoms with Gasteiger partial charge in [-0.3, -0.25) is 4.79 Å². The van der Waals surface area contributed by atoms with E-state index in [0.29, 0.717) is 5.92 Å². The van der Waals surface area contributed by atoms with Crippen molar-refractivity contribution in [3.63, 3.8) is 0 Å². The van der Waals surface area contributed by atoms with E-state index in [2.05, 4.69) is 22.8 Å². The second-order valence-corrected chi connectivity index (χ2v) is 3.52. The number of benzene rings is 1. The van der Waals surface area contributed by atoms with Crippen LogP contribution in [0, 0.1) is 0 Å². The Bertz CT molecular complexity index is 323. The predicted octanol–water partition coefficient (Wildman–Crippen LogP) is 0.488. The molecule has 0 aliphatic carbocycles. The van der Waals surface area contributed by atoms with Gasteiger partial charge in [0.15, 0.2) is 0 Å². The highest BCUT2D eigenvalue weighted by atomic mass is 16.2. The van der Waals surface area contributed by atoms with E-state index in [1.165, 1.54) is 5.56 Å².